The third-order valence-corrected chi connectivity index (χ3v) is 5.58. The number of pyridine rings is 1. The van der Waals surface area contributed by atoms with Crippen molar-refractivity contribution < 1.29 is 4.74 Å². The van der Waals surface area contributed by atoms with E-state index in [0.717, 1.165) is 57.8 Å². The number of piperazine rings is 1. The SMILES string of the molecule is Clc1nc2ccccc2cc1[C@@H](C1CCOCC1)N1CCNCC1. The van der Waals surface area contributed by atoms with E-state index in [4.69, 9.17) is 16.3 Å². The second-order valence-electron chi connectivity index (χ2n) is 6.74. The molecule has 5 heteroatoms. The van der Waals surface area contributed by atoms with Gasteiger partial charge in [-0.15, -0.1) is 0 Å². The van der Waals surface area contributed by atoms with E-state index in [-0.39, 0.29) is 0 Å². The largest absolute Gasteiger partial charge is 0.381 e. The Morgan fingerprint density at radius 2 is 1.92 bits per heavy atom. The van der Waals surface area contributed by atoms with Crippen LogP contribution >= 0.6 is 11.6 Å². The van der Waals surface area contributed by atoms with Gasteiger partial charge in [-0.1, -0.05) is 29.8 Å². The highest BCUT2D eigenvalue weighted by Gasteiger charge is 2.33. The van der Waals surface area contributed by atoms with Crippen molar-refractivity contribution in [1.29, 1.82) is 0 Å². The van der Waals surface area contributed by atoms with Crippen LogP contribution in [-0.4, -0.2) is 49.3 Å². The van der Waals surface area contributed by atoms with Crippen LogP contribution in [0.3, 0.4) is 0 Å². The fourth-order valence-electron chi connectivity index (χ4n) is 4.06. The first-order valence-corrected chi connectivity index (χ1v) is 9.28. The fourth-order valence-corrected chi connectivity index (χ4v) is 4.31. The molecule has 2 aromatic rings. The number of fused-ring (bicyclic) bond motifs is 1. The average Bonchev–Trinajstić information content (AvgIpc) is 2.64. The molecule has 2 saturated heterocycles. The number of halogens is 1. The summed E-state index contributed by atoms with van der Waals surface area (Å²) in [6.07, 6.45) is 2.19. The summed E-state index contributed by atoms with van der Waals surface area (Å²) in [6, 6.07) is 10.8. The molecule has 0 radical (unpaired) electrons. The molecule has 4 nitrogen and oxygen atoms in total. The summed E-state index contributed by atoms with van der Waals surface area (Å²) in [5.41, 5.74) is 2.15. The minimum absolute atomic E-state index is 0.334. The summed E-state index contributed by atoms with van der Waals surface area (Å²) >= 11 is 6.65. The molecule has 3 heterocycles. The summed E-state index contributed by atoms with van der Waals surface area (Å²) in [5.74, 6) is 0.581. The Morgan fingerprint density at radius 3 is 2.71 bits per heavy atom. The minimum Gasteiger partial charge on any atom is -0.381 e. The van der Waals surface area contributed by atoms with Gasteiger partial charge in [-0.2, -0.15) is 0 Å². The molecule has 0 spiro atoms. The number of hydrogen-bond acceptors (Lipinski definition) is 4. The van der Waals surface area contributed by atoms with Gasteiger partial charge in [0.25, 0.3) is 0 Å². The Labute approximate surface area is 148 Å². The lowest BCUT2D eigenvalue weighted by Gasteiger charge is -2.41. The Bertz CT molecular complexity index is 678. The maximum Gasteiger partial charge on any atom is 0.134 e. The number of ether oxygens (including phenoxy) is 1. The zero-order chi connectivity index (χ0) is 16.4. The zero-order valence-corrected chi connectivity index (χ0v) is 14.6. The maximum absolute atomic E-state index is 6.65. The van der Waals surface area contributed by atoms with Crippen LogP contribution < -0.4 is 5.32 Å². The summed E-state index contributed by atoms with van der Waals surface area (Å²) in [4.78, 5) is 7.27. The molecular formula is C19H24ClN3O. The second-order valence-corrected chi connectivity index (χ2v) is 7.10. The smallest absolute Gasteiger partial charge is 0.134 e. The maximum atomic E-state index is 6.65. The van der Waals surface area contributed by atoms with E-state index in [1.54, 1.807) is 0 Å². The molecule has 0 aliphatic carbocycles. The summed E-state index contributed by atoms with van der Waals surface area (Å²) in [6.45, 7) is 5.91. The average molecular weight is 346 g/mol. The van der Waals surface area contributed by atoms with E-state index in [2.05, 4.69) is 33.4 Å². The first-order valence-electron chi connectivity index (χ1n) is 8.90. The van der Waals surface area contributed by atoms with Gasteiger partial charge >= 0.3 is 0 Å². The van der Waals surface area contributed by atoms with Gasteiger partial charge in [-0.3, -0.25) is 4.90 Å². The third kappa shape index (κ3) is 3.29. The second kappa shape index (κ2) is 7.36. The quantitative estimate of drug-likeness (QED) is 0.866. The van der Waals surface area contributed by atoms with E-state index >= 15 is 0 Å². The van der Waals surface area contributed by atoms with Crippen LogP contribution in [0, 0.1) is 5.92 Å². The van der Waals surface area contributed by atoms with Crippen LogP contribution in [-0.2, 0) is 4.74 Å². The molecule has 2 aliphatic rings. The molecule has 2 fully saturated rings. The lowest BCUT2D eigenvalue weighted by Crippen LogP contribution is -2.47. The van der Waals surface area contributed by atoms with E-state index in [1.165, 1.54) is 10.9 Å². The molecule has 0 bridgehead atoms. The van der Waals surface area contributed by atoms with Gasteiger partial charge < -0.3 is 10.1 Å². The van der Waals surface area contributed by atoms with Gasteiger partial charge in [-0.05, 0) is 30.9 Å². The monoisotopic (exact) mass is 345 g/mol. The lowest BCUT2D eigenvalue weighted by atomic mass is 9.85. The molecule has 2 aliphatic heterocycles. The Balaban J connectivity index is 1.75. The van der Waals surface area contributed by atoms with Crippen molar-refractivity contribution in [2.45, 2.75) is 18.9 Å². The van der Waals surface area contributed by atoms with Crippen molar-refractivity contribution in [2.24, 2.45) is 5.92 Å². The van der Waals surface area contributed by atoms with Crippen LogP contribution in [0.25, 0.3) is 10.9 Å². The van der Waals surface area contributed by atoms with Crippen molar-refractivity contribution in [2.75, 3.05) is 39.4 Å². The van der Waals surface area contributed by atoms with Crippen LogP contribution in [0.5, 0.6) is 0 Å². The molecule has 0 saturated carbocycles. The molecule has 1 atom stereocenters. The molecule has 1 N–H and O–H groups in total. The fraction of sp³-hybridized carbons (Fsp3) is 0.526. The Kier molecular flexibility index (Phi) is 4.99. The molecule has 128 valence electrons. The van der Waals surface area contributed by atoms with Crippen molar-refractivity contribution in [3.63, 3.8) is 0 Å². The summed E-state index contributed by atoms with van der Waals surface area (Å²) < 4.78 is 5.59. The highest BCUT2D eigenvalue weighted by atomic mass is 35.5. The Morgan fingerprint density at radius 1 is 1.17 bits per heavy atom. The first kappa shape index (κ1) is 16.3. The van der Waals surface area contributed by atoms with Crippen molar-refractivity contribution in [3.05, 3.63) is 41.0 Å². The zero-order valence-electron chi connectivity index (χ0n) is 13.9. The van der Waals surface area contributed by atoms with Gasteiger partial charge in [0, 0.05) is 56.4 Å². The van der Waals surface area contributed by atoms with Gasteiger partial charge in [0.05, 0.1) is 5.52 Å². The predicted molar refractivity (Wildman–Crippen MR) is 97.5 cm³/mol. The molecule has 24 heavy (non-hydrogen) atoms. The normalized spacial score (nSPS) is 21.9. The standard InChI is InChI=1S/C19H24ClN3O/c20-19-16(13-15-3-1-2-4-17(15)22-19)18(14-5-11-24-12-6-14)23-9-7-21-8-10-23/h1-4,13-14,18,21H,5-12H2/t18-/m1/s1. The number of nitrogens with one attached hydrogen (secondary N) is 1. The molecular weight excluding hydrogens is 322 g/mol. The molecule has 4 rings (SSSR count). The first-order chi connectivity index (χ1) is 11.8. The predicted octanol–water partition coefficient (Wildman–Crippen LogP) is 3.26. The molecule has 0 unspecified atom stereocenters. The van der Waals surface area contributed by atoms with Crippen molar-refractivity contribution >= 4 is 22.5 Å². The molecule has 1 aromatic heterocycles. The van der Waals surface area contributed by atoms with E-state index in [1.807, 2.05) is 12.1 Å². The Hall–Kier alpha value is -1.20. The van der Waals surface area contributed by atoms with E-state index in [9.17, 15) is 0 Å². The summed E-state index contributed by atoms with van der Waals surface area (Å²) in [7, 11) is 0. The summed E-state index contributed by atoms with van der Waals surface area (Å²) in [5, 5.41) is 5.28. The van der Waals surface area contributed by atoms with Gasteiger partial charge in [0.15, 0.2) is 0 Å². The number of para-hydroxylation sites is 1. The van der Waals surface area contributed by atoms with Crippen LogP contribution in [0.1, 0.15) is 24.4 Å². The van der Waals surface area contributed by atoms with E-state index < -0.39 is 0 Å². The number of nitrogens with zero attached hydrogens (tertiary/aromatic N) is 2. The number of aromatic nitrogens is 1. The highest BCUT2D eigenvalue weighted by molar-refractivity contribution is 6.30. The van der Waals surface area contributed by atoms with Crippen LogP contribution in [0.2, 0.25) is 5.15 Å². The minimum atomic E-state index is 0.334. The molecule has 1 aromatic carbocycles. The number of hydrogen-bond donors (Lipinski definition) is 1. The van der Waals surface area contributed by atoms with Gasteiger partial charge in [-0.25, -0.2) is 4.98 Å². The van der Waals surface area contributed by atoms with Gasteiger partial charge in [0.2, 0.25) is 0 Å². The lowest BCUT2D eigenvalue weighted by molar-refractivity contribution is 0.0213. The number of rotatable bonds is 3. The third-order valence-electron chi connectivity index (χ3n) is 5.28. The van der Waals surface area contributed by atoms with Gasteiger partial charge in [0.1, 0.15) is 5.15 Å². The van der Waals surface area contributed by atoms with Crippen LogP contribution in [0.4, 0.5) is 0 Å². The van der Waals surface area contributed by atoms with Crippen molar-refractivity contribution in [1.82, 2.24) is 15.2 Å². The molecule has 0 amide bonds. The van der Waals surface area contributed by atoms with Crippen molar-refractivity contribution in [3.8, 4) is 0 Å². The topological polar surface area (TPSA) is 37.4 Å². The van der Waals surface area contributed by atoms with Crippen LogP contribution in [0.15, 0.2) is 30.3 Å². The highest BCUT2D eigenvalue weighted by Crippen LogP contribution is 2.39. The number of benzene rings is 1. The van der Waals surface area contributed by atoms with E-state index in [0.29, 0.717) is 17.1 Å².